The SMILES string of the molecule is C[Si](CCl)(Oc1ccccc1)Oc1ccccc1. The molecule has 4 heteroatoms. The Morgan fingerprint density at radius 1 is 0.833 bits per heavy atom. The summed E-state index contributed by atoms with van der Waals surface area (Å²) in [6, 6.07) is 19.3. The molecule has 94 valence electrons. The monoisotopic (exact) mass is 278 g/mol. The van der Waals surface area contributed by atoms with E-state index in [9.17, 15) is 0 Å². The van der Waals surface area contributed by atoms with Crippen LogP contribution in [-0.2, 0) is 0 Å². The third-order valence-corrected chi connectivity index (χ3v) is 5.67. The van der Waals surface area contributed by atoms with Crippen LogP contribution in [0.25, 0.3) is 0 Å². The molecule has 0 unspecified atom stereocenters. The van der Waals surface area contributed by atoms with Crippen molar-refractivity contribution in [3.05, 3.63) is 60.7 Å². The maximum absolute atomic E-state index is 6.02. The molecular weight excluding hydrogens is 264 g/mol. The Balaban J connectivity index is 2.11. The summed E-state index contributed by atoms with van der Waals surface area (Å²) in [4.78, 5) is 0. The summed E-state index contributed by atoms with van der Waals surface area (Å²) in [5, 5.41) is 0. The zero-order valence-electron chi connectivity index (χ0n) is 10.2. The molecule has 0 spiro atoms. The molecule has 2 aromatic rings. The van der Waals surface area contributed by atoms with E-state index in [0.717, 1.165) is 11.5 Å². The standard InChI is InChI=1S/C14H15ClO2Si/c1-18(12-15,16-13-8-4-2-5-9-13)17-14-10-6-3-7-11-14/h2-11H,12H2,1H3. The van der Waals surface area contributed by atoms with E-state index in [4.69, 9.17) is 20.5 Å². The summed E-state index contributed by atoms with van der Waals surface area (Å²) in [6.07, 6.45) is 0. The highest BCUT2D eigenvalue weighted by atomic mass is 35.5. The van der Waals surface area contributed by atoms with E-state index < -0.39 is 8.56 Å². The lowest BCUT2D eigenvalue weighted by Crippen LogP contribution is -2.48. The van der Waals surface area contributed by atoms with Gasteiger partial charge in [-0.2, -0.15) is 0 Å². The third-order valence-electron chi connectivity index (χ3n) is 2.40. The van der Waals surface area contributed by atoms with Crippen LogP contribution in [0.5, 0.6) is 11.5 Å². The molecule has 0 saturated carbocycles. The van der Waals surface area contributed by atoms with E-state index >= 15 is 0 Å². The van der Waals surface area contributed by atoms with Gasteiger partial charge in [0.2, 0.25) is 0 Å². The molecule has 2 aromatic carbocycles. The Kier molecular flexibility index (Phi) is 4.28. The molecule has 0 atom stereocenters. The zero-order valence-corrected chi connectivity index (χ0v) is 11.9. The van der Waals surface area contributed by atoms with Crippen molar-refractivity contribution in [3.8, 4) is 11.5 Å². The molecule has 0 aliphatic carbocycles. The number of benzene rings is 2. The smallest absolute Gasteiger partial charge is 0.472 e. The number of hydrogen-bond acceptors (Lipinski definition) is 2. The molecule has 18 heavy (non-hydrogen) atoms. The van der Waals surface area contributed by atoms with Crippen LogP contribution in [-0.4, -0.2) is 14.1 Å². The highest BCUT2D eigenvalue weighted by molar-refractivity contribution is 6.74. The van der Waals surface area contributed by atoms with Crippen molar-refractivity contribution in [2.45, 2.75) is 6.55 Å². The first-order valence-corrected chi connectivity index (χ1v) is 8.82. The molecular formula is C14H15ClO2Si. The number of para-hydroxylation sites is 2. The van der Waals surface area contributed by atoms with E-state index in [1.807, 2.05) is 67.2 Å². The van der Waals surface area contributed by atoms with Crippen molar-refractivity contribution in [1.29, 1.82) is 0 Å². The average molecular weight is 279 g/mol. The molecule has 0 heterocycles. The van der Waals surface area contributed by atoms with Crippen LogP contribution in [0.2, 0.25) is 6.55 Å². The lowest BCUT2D eigenvalue weighted by atomic mass is 10.3. The fourth-order valence-electron chi connectivity index (χ4n) is 1.55. The predicted molar refractivity (Wildman–Crippen MR) is 76.5 cm³/mol. The van der Waals surface area contributed by atoms with Gasteiger partial charge in [0.05, 0.1) is 5.50 Å². The molecule has 0 fully saturated rings. The molecule has 0 aliphatic rings. The summed E-state index contributed by atoms with van der Waals surface area (Å²) in [5.41, 5.74) is 0.372. The van der Waals surface area contributed by atoms with Crippen LogP contribution in [0.4, 0.5) is 0 Å². The van der Waals surface area contributed by atoms with Gasteiger partial charge in [-0.15, -0.1) is 11.6 Å². The average Bonchev–Trinajstić information content (AvgIpc) is 2.41. The minimum Gasteiger partial charge on any atom is -0.511 e. The second kappa shape index (κ2) is 5.93. The first-order chi connectivity index (χ1) is 8.72. The van der Waals surface area contributed by atoms with Crippen LogP contribution in [0.15, 0.2) is 60.7 Å². The van der Waals surface area contributed by atoms with E-state index in [2.05, 4.69) is 0 Å². The second-order valence-corrected chi connectivity index (χ2v) is 7.84. The summed E-state index contributed by atoms with van der Waals surface area (Å²) < 4.78 is 11.9. The minimum atomic E-state index is -2.44. The molecule has 0 aromatic heterocycles. The van der Waals surface area contributed by atoms with Gasteiger partial charge in [0, 0.05) is 6.55 Å². The third kappa shape index (κ3) is 3.52. The van der Waals surface area contributed by atoms with Gasteiger partial charge in [-0.3, -0.25) is 0 Å². The highest BCUT2D eigenvalue weighted by Gasteiger charge is 2.35. The Hall–Kier alpha value is -1.45. The van der Waals surface area contributed by atoms with Crippen molar-refractivity contribution in [1.82, 2.24) is 0 Å². The first kappa shape index (κ1) is 13.0. The van der Waals surface area contributed by atoms with Gasteiger partial charge in [0.1, 0.15) is 11.5 Å². The Bertz CT molecular complexity index is 434. The maximum atomic E-state index is 6.02. The van der Waals surface area contributed by atoms with Gasteiger partial charge in [-0.05, 0) is 24.3 Å². The number of halogens is 1. The lowest BCUT2D eigenvalue weighted by Gasteiger charge is -2.26. The normalized spacial score (nSPS) is 11.0. The summed E-state index contributed by atoms with van der Waals surface area (Å²) in [5.74, 6) is 1.59. The second-order valence-electron chi connectivity index (χ2n) is 4.10. The largest absolute Gasteiger partial charge is 0.511 e. The van der Waals surface area contributed by atoms with Crippen molar-refractivity contribution in [2.75, 3.05) is 5.50 Å². The molecule has 0 amide bonds. The fourth-order valence-corrected chi connectivity index (χ4v) is 3.30. The number of alkyl halides is 1. The van der Waals surface area contributed by atoms with Crippen LogP contribution in [0.1, 0.15) is 0 Å². The van der Waals surface area contributed by atoms with Gasteiger partial charge in [0.25, 0.3) is 0 Å². The van der Waals surface area contributed by atoms with Gasteiger partial charge < -0.3 is 8.85 Å². The Morgan fingerprint density at radius 2 is 1.22 bits per heavy atom. The topological polar surface area (TPSA) is 18.5 Å². The van der Waals surface area contributed by atoms with Crippen molar-refractivity contribution in [3.63, 3.8) is 0 Å². The predicted octanol–water partition coefficient (Wildman–Crippen LogP) is 3.99. The number of rotatable bonds is 5. The molecule has 0 bridgehead atoms. The molecule has 2 nitrogen and oxygen atoms in total. The van der Waals surface area contributed by atoms with Crippen LogP contribution in [0, 0.1) is 0 Å². The summed E-state index contributed by atoms with van der Waals surface area (Å²) >= 11 is 6.02. The summed E-state index contributed by atoms with van der Waals surface area (Å²) in [6.45, 7) is 1.96. The van der Waals surface area contributed by atoms with Crippen LogP contribution < -0.4 is 8.85 Å². The molecule has 0 aliphatic heterocycles. The molecule has 0 saturated heterocycles. The van der Waals surface area contributed by atoms with Crippen molar-refractivity contribution < 1.29 is 8.85 Å². The van der Waals surface area contributed by atoms with Crippen LogP contribution in [0.3, 0.4) is 0 Å². The quantitative estimate of drug-likeness (QED) is 0.608. The molecule has 0 N–H and O–H groups in total. The van der Waals surface area contributed by atoms with Gasteiger partial charge in [-0.25, -0.2) is 0 Å². The fraction of sp³-hybridized carbons (Fsp3) is 0.143. The number of hydrogen-bond donors (Lipinski definition) is 0. The van der Waals surface area contributed by atoms with Gasteiger partial charge >= 0.3 is 8.56 Å². The van der Waals surface area contributed by atoms with E-state index in [1.54, 1.807) is 0 Å². The van der Waals surface area contributed by atoms with Gasteiger partial charge in [-0.1, -0.05) is 36.4 Å². The Morgan fingerprint density at radius 3 is 1.56 bits per heavy atom. The minimum absolute atomic E-state index is 0.372. The summed E-state index contributed by atoms with van der Waals surface area (Å²) in [7, 11) is -2.44. The van der Waals surface area contributed by atoms with E-state index in [0.29, 0.717) is 5.50 Å². The zero-order chi connectivity index (χ0) is 12.8. The van der Waals surface area contributed by atoms with Crippen LogP contribution >= 0.6 is 11.6 Å². The van der Waals surface area contributed by atoms with E-state index in [-0.39, 0.29) is 0 Å². The maximum Gasteiger partial charge on any atom is 0.472 e. The van der Waals surface area contributed by atoms with E-state index in [1.165, 1.54) is 0 Å². The highest BCUT2D eigenvalue weighted by Crippen LogP contribution is 2.20. The van der Waals surface area contributed by atoms with Gasteiger partial charge in [0.15, 0.2) is 0 Å². The lowest BCUT2D eigenvalue weighted by molar-refractivity contribution is 0.398. The molecule has 0 radical (unpaired) electrons. The van der Waals surface area contributed by atoms with Crippen molar-refractivity contribution >= 4 is 20.2 Å². The Labute approximate surface area is 113 Å². The van der Waals surface area contributed by atoms with Crippen molar-refractivity contribution in [2.24, 2.45) is 0 Å². The first-order valence-electron chi connectivity index (χ1n) is 5.76. The molecule has 2 rings (SSSR count).